The van der Waals surface area contributed by atoms with E-state index in [1.54, 1.807) is 24.4 Å². The first-order valence-corrected chi connectivity index (χ1v) is 5.64. The fourth-order valence-electron chi connectivity index (χ4n) is 1.69. The lowest BCUT2D eigenvalue weighted by Crippen LogP contribution is -2.19. The number of hydrogen-bond acceptors (Lipinski definition) is 4. The summed E-state index contributed by atoms with van der Waals surface area (Å²) in [6, 6.07) is 8.11. The number of rotatable bonds is 4. The van der Waals surface area contributed by atoms with Gasteiger partial charge in [-0.25, -0.2) is 14.4 Å². The Morgan fingerprint density at radius 2 is 1.89 bits per heavy atom. The standard InChI is InChI=1S/C13H15FN4/c1-18(8-10-2-4-11(14)5-3-10)9-13-16-7-6-12(15)17-13/h2-7H,8-9H2,1H3,(H2,15,16,17). The predicted molar refractivity (Wildman–Crippen MR) is 68.0 cm³/mol. The largest absolute Gasteiger partial charge is 0.384 e. The van der Waals surface area contributed by atoms with Crippen LogP contribution in [0, 0.1) is 5.82 Å². The summed E-state index contributed by atoms with van der Waals surface area (Å²) in [7, 11) is 1.95. The van der Waals surface area contributed by atoms with Crippen LogP contribution in [0.15, 0.2) is 36.5 Å². The van der Waals surface area contributed by atoms with Gasteiger partial charge < -0.3 is 5.73 Å². The number of halogens is 1. The molecule has 0 aliphatic rings. The average molecular weight is 246 g/mol. The van der Waals surface area contributed by atoms with Crippen LogP contribution in [0.3, 0.4) is 0 Å². The molecule has 4 nitrogen and oxygen atoms in total. The Balaban J connectivity index is 1.96. The molecule has 0 unspecified atom stereocenters. The minimum Gasteiger partial charge on any atom is -0.384 e. The molecule has 5 heteroatoms. The van der Waals surface area contributed by atoms with Crippen LogP contribution >= 0.6 is 0 Å². The molecule has 2 aromatic rings. The molecule has 0 radical (unpaired) electrons. The first kappa shape index (κ1) is 12.4. The molecule has 0 aliphatic carbocycles. The van der Waals surface area contributed by atoms with Crippen LogP contribution in [0.2, 0.25) is 0 Å². The van der Waals surface area contributed by atoms with Crippen molar-refractivity contribution in [3.8, 4) is 0 Å². The summed E-state index contributed by atoms with van der Waals surface area (Å²) in [6.45, 7) is 1.31. The van der Waals surface area contributed by atoms with Crippen molar-refractivity contribution in [2.45, 2.75) is 13.1 Å². The van der Waals surface area contributed by atoms with Gasteiger partial charge in [-0.2, -0.15) is 0 Å². The van der Waals surface area contributed by atoms with Crippen molar-refractivity contribution >= 4 is 5.82 Å². The van der Waals surface area contributed by atoms with Crippen molar-refractivity contribution in [1.82, 2.24) is 14.9 Å². The lowest BCUT2D eigenvalue weighted by molar-refractivity contribution is 0.310. The fourth-order valence-corrected chi connectivity index (χ4v) is 1.69. The third-order valence-corrected chi connectivity index (χ3v) is 2.50. The van der Waals surface area contributed by atoms with E-state index in [2.05, 4.69) is 9.97 Å². The van der Waals surface area contributed by atoms with Gasteiger partial charge in [0.25, 0.3) is 0 Å². The maximum Gasteiger partial charge on any atom is 0.144 e. The number of benzene rings is 1. The Kier molecular flexibility index (Phi) is 3.84. The van der Waals surface area contributed by atoms with Gasteiger partial charge in [-0.15, -0.1) is 0 Å². The number of nitrogens with zero attached hydrogens (tertiary/aromatic N) is 3. The van der Waals surface area contributed by atoms with E-state index in [1.165, 1.54) is 12.1 Å². The molecule has 18 heavy (non-hydrogen) atoms. The van der Waals surface area contributed by atoms with Crippen molar-refractivity contribution in [2.75, 3.05) is 12.8 Å². The molecule has 1 aromatic heterocycles. The highest BCUT2D eigenvalue weighted by Crippen LogP contribution is 2.07. The van der Waals surface area contributed by atoms with Crippen LogP contribution in [0.4, 0.5) is 10.2 Å². The zero-order valence-corrected chi connectivity index (χ0v) is 10.2. The molecule has 2 N–H and O–H groups in total. The SMILES string of the molecule is CN(Cc1ccc(F)cc1)Cc1nccc(N)n1. The highest BCUT2D eigenvalue weighted by atomic mass is 19.1. The minimum absolute atomic E-state index is 0.222. The second-order valence-corrected chi connectivity index (χ2v) is 4.20. The summed E-state index contributed by atoms with van der Waals surface area (Å²) in [5.41, 5.74) is 6.64. The van der Waals surface area contributed by atoms with E-state index < -0.39 is 0 Å². The highest BCUT2D eigenvalue weighted by molar-refractivity contribution is 5.25. The second-order valence-electron chi connectivity index (χ2n) is 4.20. The van der Waals surface area contributed by atoms with Crippen LogP contribution in [0.25, 0.3) is 0 Å². The van der Waals surface area contributed by atoms with Crippen molar-refractivity contribution in [3.05, 3.63) is 53.7 Å². The van der Waals surface area contributed by atoms with E-state index >= 15 is 0 Å². The molecule has 0 fully saturated rings. The zero-order chi connectivity index (χ0) is 13.0. The topological polar surface area (TPSA) is 55.0 Å². The first-order chi connectivity index (χ1) is 8.63. The summed E-state index contributed by atoms with van der Waals surface area (Å²) < 4.78 is 12.8. The Morgan fingerprint density at radius 1 is 1.17 bits per heavy atom. The van der Waals surface area contributed by atoms with Gasteiger partial charge in [-0.05, 0) is 30.8 Å². The van der Waals surface area contributed by atoms with E-state index in [0.29, 0.717) is 24.7 Å². The van der Waals surface area contributed by atoms with E-state index in [9.17, 15) is 4.39 Å². The molecule has 0 saturated heterocycles. The monoisotopic (exact) mass is 246 g/mol. The van der Waals surface area contributed by atoms with Crippen LogP contribution in [0.1, 0.15) is 11.4 Å². The molecule has 2 rings (SSSR count). The number of hydrogen-bond donors (Lipinski definition) is 1. The summed E-state index contributed by atoms with van der Waals surface area (Å²) in [6.07, 6.45) is 1.64. The van der Waals surface area contributed by atoms with Gasteiger partial charge in [0, 0.05) is 12.7 Å². The van der Waals surface area contributed by atoms with Gasteiger partial charge in [0.05, 0.1) is 6.54 Å². The summed E-state index contributed by atoms with van der Waals surface area (Å²) in [4.78, 5) is 10.3. The van der Waals surface area contributed by atoms with E-state index in [1.807, 2.05) is 11.9 Å². The molecular weight excluding hydrogens is 231 g/mol. The number of aromatic nitrogens is 2. The number of anilines is 1. The summed E-state index contributed by atoms with van der Waals surface area (Å²) >= 11 is 0. The van der Waals surface area contributed by atoms with Crippen molar-refractivity contribution in [3.63, 3.8) is 0 Å². The van der Waals surface area contributed by atoms with Gasteiger partial charge in [0.2, 0.25) is 0 Å². The lowest BCUT2D eigenvalue weighted by atomic mass is 10.2. The van der Waals surface area contributed by atoms with Crippen molar-refractivity contribution in [1.29, 1.82) is 0 Å². The molecule has 0 saturated carbocycles. The third-order valence-electron chi connectivity index (χ3n) is 2.50. The van der Waals surface area contributed by atoms with E-state index in [-0.39, 0.29) is 5.82 Å². The molecule has 0 aliphatic heterocycles. The quantitative estimate of drug-likeness (QED) is 0.894. The fraction of sp³-hybridized carbons (Fsp3) is 0.231. The van der Waals surface area contributed by atoms with Crippen LogP contribution in [0.5, 0.6) is 0 Å². The maximum absolute atomic E-state index is 12.8. The maximum atomic E-state index is 12.8. The van der Waals surface area contributed by atoms with Crippen LogP contribution in [-0.4, -0.2) is 21.9 Å². The smallest absolute Gasteiger partial charge is 0.144 e. The zero-order valence-electron chi connectivity index (χ0n) is 10.2. The number of nitrogens with two attached hydrogens (primary N) is 1. The Hall–Kier alpha value is -2.01. The molecule has 0 bridgehead atoms. The van der Waals surface area contributed by atoms with Gasteiger partial charge >= 0.3 is 0 Å². The average Bonchev–Trinajstić information content (AvgIpc) is 2.32. The molecule has 0 atom stereocenters. The van der Waals surface area contributed by atoms with Crippen LogP contribution in [-0.2, 0) is 13.1 Å². The molecule has 94 valence electrons. The Labute approximate surface area is 105 Å². The van der Waals surface area contributed by atoms with Gasteiger partial charge in [-0.1, -0.05) is 12.1 Å². The molecule has 1 aromatic carbocycles. The molecular formula is C13H15FN4. The minimum atomic E-state index is -0.222. The summed E-state index contributed by atoms with van der Waals surface area (Å²) in [5, 5.41) is 0. The van der Waals surface area contributed by atoms with Gasteiger partial charge in [0.1, 0.15) is 17.5 Å². The Morgan fingerprint density at radius 3 is 2.56 bits per heavy atom. The molecule has 0 spiro atoms. The molecule has 0 amide bonds. The predicted octanol–water partition coefficient (Wildman–Crippen LogP) is 1.83. The Bertz CT molecular complexity index is 513. The second kappa shape index (κ2) is 5.55. The third kappa shape index (κ3) is 3.49. The van der Waals surface area contributed by atoms with E-state index in [4.69, 9.17) is 5.73 Å². The highest BCUT2D eigenvalue weighted by Gasteiger charge is 2.04. The normalized spacial score (nSPS) is 10.8. The number of nitrogen functional groups attached to an aromatic ring is 1. The van der Waals surface area contributed by atoms with Crippen molar-refractivity contribution < 1.29 is 4.39 Å². The first-order valence-electron chi connectivity index (χ1n) is 5.64. The lowest BCUT2D eigenvalue weighted by Gasteiger charge is -2.15. The van der Waals surface area contributed by atoms with Crippen LogP contribution < -0.4 is 5.73 Å². The van der Waals surface area contributed by atoms with Gasteiger partial charge in [-0.3, -0.25) is 4.90 Å². The summed E-state index contributed by atoms with van der Waals surface area (Å²) in [5.74, 6) is 0.926. The van der Waals surface area contributed by atoms with Gasteiger partial charge in [0.15, 0.2) is 0 Å². The van der Waals surface area contributed by atoms with Crippen molar-refractivity contribution in [2.24, 2.45) is 0 Å². The molecule has 1 heterocycles. The van der Waals surface area contributed by atoms with E-state index in [0.717, 1.165) is 5.56 Å².